The molecule has 1 amide bonds. The molecule has 1 aliphatic rings. The molecular formula is C13H26N2O3. The number of ether oxygens (including phenoxy) is 2. The first-order chi connectivity index (χ1) is 8.83. The Kier molecular flexibility index (Phi) is 8.81. The highest BCUT2D eigenvalue weighted by Gasteiger charge is 2.12. The topological polar surface area (TPSA) is 59.6 Å². The largest absolute Gasteiger partial charge is 0.385 e. The SMILES string of the molecule is COCCCNC(=O)CNCCC1CCCCO1. The van der Waals surface area contributed by atoms with E-state index < -0.39 is 0 Å². The van der Waals surface area contributed by atoms with Gasteiger partial charge in [-0.15, -0.1) is 0 Å². The van der Waals surface area contributed by atoms with Gasteiger partial charge >= 0.3 is 0 Å². The van der Waals surface area contributed by atoms with Crippen molar-refractivity contribution in [2.45, 2.75) is 38.2 Å². The van der Waals surface area contributed by atoms with Crippen LogP contribution in [0.25, 0.3) is 0 Å². The van der Waals surface area contributed by atoms with Gasteiger partial charge in [-0.05, 0) is 38.6 Å². The van der Waals surface area contributed by atoms with E-state index in [0.29, 0.717) is 25.8 Å². The minimum absolute atomic E-state index is 0.0515. The summed E-state index contributed by atoms with van der Waals surface area (Å²) in [5.41, 5.74) is 0. The lowest BCUT2D eigenvalue weighted by Gasteiger charge is -2.22. The zero-order valence-electron chi connectivity index (χ0n) is 11.4. The second-order valence-corrected chi connectivity index (χ2v) is 4.65. The second-order valence-electron chi connectivity index (χ2n) is 4.65. The van der Waals surface area contributed by atoms with Crippen molar-refractivity contribution >= 4 is 5.91 Å². The van der Waals surface area contributed by atoms with E-state index in [1.54, 1.807) is 7.11 Å². The van der Waals surface area contributed by atoms with Gasteiger partial charge in [-0.1, -0.05) is 0 Å². The normalized spacial score (nSPS) is 19.7. The molecule has 2 N–H and O–H groups in total. The molecule has 0 bridgehead atoms. The number of nitrogens with one attached hydrogen (secondary N) is 2. The lowest BCUT2D eigenvalue weighted by atomic mass is 10.1. The summed E-state index contributed by atoms with van der Waals surface area (Å²) >= 11 is 0. The number of hydrogen-bond acceptors (Lipinski definition) is 4. The van der Waals surface area contributed by atoms with Crippen molar-refractivity contribution in [3.05, 3.63) is 0 Å². The summed E-state index contributed by atoms with van der Waals surface area (Å²) in [6, 6.07) is 0. The van der Waals surface area contributed by atoms with E-state index in [1.807, 2.05) is 0 Å². The number of carbonyl (C=O) groups excluding carboxylic acids is 1. The van der Waals surface area contributed by atoms with Crippen LogP contribution in [0.2, 0.25) is 0 Å². The van der Waals surface area contributed by atoms with Gasteiger partial charge in [0.15, 0.2) is 0 Å². The molecule has 1 aliphatic heterocycles. The fourth-order valence-electron chi connectivity index (χ4n) is 2.01. The molecule has 0 aromatic heterocycles. The maximum Gasteiger partial charge on any atom is 0.233 e. The van der Waals surface area contributed by atoms with E-state index in [1.165, 1.54) is 12.8 Å². The van der Waals surface area contributed by atoms with E-state index in [-0.39, 0.29) is 5.91 Å². The van der Waals surface area contributed by atoms with Gasteiger partial charge in [-0.3, -0.25) is 4.79 Å². The van der Waals surface area contributed by atoms with Crippen LogP contribution in [0.15, 0.2) is 0 Å². The van der Waals surface area contributed by atoms with Gasteiger partial charge in [0.2, 0.25) is 5.91 Å². The van der Waals surface area contributed by atoms with Gasteiger partial charge < -0.3 is 20.1 Å². The molecule has 0 aromatic rings. The molecule has 0 radical (unpaired) electrons. The van der Waals surface area contributed by atoms with Crippen LogP contribution in [-0.2, 0) is 14.3 Å². The molecule has 106 valence electrons. The average Bonchev–Trinajstić information content (AvgIpc) is 2.41. The van der Waals surface area contributed by atoms with Crippen LogP contribution < -0.4 is 10.6 Å². The van der Waals surface area contributed by atoms with Crippen molar-refractivity contribution in [1.82, 2.24) is 10.6 Å². The Morgan fingerprint density at radius 1 is 1.39 bits per heavy atom. The molecule has 5 nitrogen and oxygen atoms in total. The molecule has 5 heteroatoms. The van der Waals surface area contributed by atoms with Crippen LogP contribution in [0.4, 0.5) is 0 Å². The number of carbonyl (C=O) groups is 1. The predicted octanol–water partition coefficient (Wildman–Crippen LogP) is 0.688. The standard InChI is InChI=1S/C13H26N2O3/c1-17-9-4-7-15-13(16)11-14-8-6-12-5-2-3-10-18-12/h12,14H,2-11H2,1H3,(H,15,16). The molecule has 1 heterocycles. The molecule has 1 rings (SSSR count). The summed E-state index contributed by atoms with van der Waals surface area (Å²) in [6.45, 7) is 3.49. The van der Waals surface area contributed by atoms with Gasteiger partial charge in [-0.2, -0.15) is 0 Å². The van der Waals surface area contributed by atoms with E-state index in [9.17, 15) is 4.79 Å². The van der Waals surface area contributed by atoms with Crippen molar-refractivity contribution < 1.29 is 14.3 Å². The van der Waals surface area contributed by atoms with Crippen LogP contribution in [0.1, 0.15) is 32.1 Å². The fraction of sp³-hybridized carbons (Fsp3) is 0.923. The lowest BCUT2D eigenvalue weighted by Crippen LogP contribution is -2.36. The quantitative estimate of drug-likeness (QED) is 0.597. The third kappa shape index (κ3) is 7.63. The Morgan fingerprint density at radius 3 is 3.00 bits per heavy atom. The van der Waals surface area contributed by atoms with Crippen LogP contribution in [0.3, 0.4) is 0 Å². The molecule has 1 unspecified atom stereocenters. The number of methoxy groups -OCH3 is 1. The van der Waals surface area contributed by atoms with Crippen molar-refractivity contribution in [1.29, 1.82) is 0 Å². The molecular weight excluding hydrogens is 232 g/mol. The molecule has 0 aromatic carbocycles. The van der Waals surface area contributed by atoms with Crippen LogP contribution >= 0.6 is 0 Å². The number of rotatable bonds is 9. The summed E-state index contributed by atoms with van der Waals surface area (Å²) in [4.78, 5) is 11.4. The van der Waals surface area contributed by atoms with Crippen LogP contribution in [0.5, 0.6) is 0 Å². The predicted molar refractivity (Wildman–Crippen MR) is 70.6 cm³/mol. The summed E-state index contributed by atoms with van der Waals surface area (Å²) in [6.07, 6.45) is 5.86. The highest BCUT2D eigenvalue weighted by atomic mass is 16.5. The average molecular weight is 258 g/mol. The van der Waals surface area contributed by atoms with E-state index in [0.717, 1.165) is 32.4 Å². The summed E-state index contributed by atoms with van der Waals surface area (Å²) in [5, 5.41) is 5.99. The van der Waals surface area contributed by atoms with Crippen LogP contribution in [0, 0.1) is 0 Å². The number of amides is 1. The molecule has 1 fully saturated rings. The molecule has 1 saturated heterocycles. The van der Waals surface area contributed by atoms with Gasteiger partial charge in [-0.25, -0.2) is 0 Å². The molecule has 0 spiro atoms. The zero-order valence-corrected chi connectivity index (χ0v) is 11.4. The smallest absolute Gasteiger partial charge is 0.233 e. The van der Waals surface area contributed by atoms with Gasteiger partial charge in [0.1, 0.15) is 0 Å². The number of hydrogen-bond donors (Lipinski definition) is 2. The van der Waals surface area contributed by atoms with E-state index in [2.05, 4.69) is 10.6 Å². The second kappa shape index (κ2) is 10.3. The van der Waals surface area contributed by atoms with Gasteiger partial charge in [0.25, 0.3) is 0 Å². The maximum atomic E-state index is 11.4. The third-order valence-corrected chi connectivity index (χ3v) is 3.05. The minimum atomic E-state index is 0.0515. The Balaban J connectivity index is 1.88. The lowest BCUT2D eigenvalue weighted by molar-refractivity contribution is -0.120. The van der Waals surface area contributed by atoms with E-state index in [4.69, 9.17) is 9.47 Å². The Hall–Kier alpha value is -0.650. The molecule has 0 aliphatic carbocycles. The fourth-order valence-corrected chi connectivity index (χ4v) is 2.01. The Bertz CT molecular complexity index is 218. The first-order valence-electron chi connectivity index (χ1n) is 6.91. The van der Waals surface area contributed by atoms with Crippen molar-refractivity contribution in [3.8, 4) is 0 Å². The summed E-state index contributed by atoms with van der Waals surface area (Å²) < 4.78 is 10.5. The van der Waals surface area contributed by atoms with Crippen LogP contribution in [-0.4, -0.2) is 52.0 Å². The van der Waals surface area contributed by atoms with Crippen molar-refractivity contribution in [3.63, 3.8) is 0 Å². The zero-order chi connectivity index (χ0) is 13.1. The van der Waals surface area contributed by atoms with Gasteiger partial charge in [0.05, 0.1) is 12.6 Å². The third-order valence-electron chi connectivity index (χ3n) is 3.05. The maximum absolute atomic E-state index is 11.4. The highest BCUT2D eigenvalue weighted by molar-refractivity contribution is 5.77. The highest BCUT2D eigenvalue weighted by Crippen LogP contribution is 2.14. The van der Waals surface area contributed by atoms with Gasteiger partial charge in [0, 0.05) is 26.9 Å². The summed E-state index contributed by atoms with van der Waals surface area (Å²) in [5.74, 6) is 0.0515. The monoisotopic (exact) mass is 258 g/mol. The Labute approximate surface area is 110 Å². The molecule has 18 heavy (non-hydrogen) atoms. The van der Waals surface area contributed by atoms with Crippen molar-refractivity contribution in [2.24, 2.45) is 0 Å². The minimum Gasteiger partial charge on any atom is -0.385 e. The summed E-state index contributed by atoms with van der Waals surface area (Å²) in [7, 11) is 1.66. The van der Waals surface area contributed by atoms with Crippen molar-refractivity contribution in [2.75, 3.05) is 40.0 Å². The Morgan fingerprint density at radius 2 is 2.28 bits per heavy atom. The first kappa shape index (κ1) is 15.4. The molecule has 1 atom stereocenters. The first-order valence-corrected chi connectivity index (χ1v) is 6.91. The van der Waals surface area contributed by atoms with E-state index >= 15 is 0 Å². The molecule has 0 saturated carbocycles.